The van der Waals surface area contributed by atoms with Gasteiger partial charge in [0.1, 0.15) is 11.5 Å². The Morgan fingerprint density at radius 2 is 2.06 bits per heavy atom. The zero-order valence-corrected chi connectivity index (χ0v) is 9.54. The summed E-state index contributed by atoms with van der Waals surface area (Å²) in [5.74, 6) is 2.97. The van der Waals surface area contributed by atoms with Gasteiger partial charge in [-0.1, -0.05) is 0 Å². The van der Waals surface area contributed by atoms with Gasteiger partial charge < -0.3 is 9.15 Å². The molecule has 0 aliphatic carbocycles. The maximum Gasteiger partial charge on any atom is 0.204 e. The molecule has 5 nitrogen and oxygen atoms in total. The van der Waals surface area contributed by atoms with Crippen molar-refractivity contribution in [2.24, 2.45) is 0 Å². The number of furan rings is 1. The van der Waals surface area contributed by atoms with Crippen molar-refractivity contribution in [2.75, 3.05) is 7.11 Å². The molecule has 0 spiro atoms. The summed E-state index contributed by atoms with van der Waals surface area (Å²) in [4.78, 5) is 0. The van der Waals surface area contributed by atoms with Gasteiger partial charge in [-0.05, 0) is 31.2 Å². The molecule has 0 bridgehead atoms. The van der Waals surface area contributed by atoms with Gasteiger partial charge in [0.15, 0.2) is 11.4 Å². The van der Waals surface area contributed by atoms with E-state index in [0.29, 0.717) is 11.6 Å². The van der Waals surface area contributed by atoms with Crippen molar-refractivity contribution in [3.63, 3.8) is 0 Å². The maximum atomic E-state index is 5.55. The number of aromatic nitrogens is 3. The van der Waals surface area contributed by atoms with Gasteiger partial charge in [-0.25, -0.2) is 0 Å². The standard InChI is InChI=1S/C12H11N3O2/c1-8-3-5-10(17-8)12-14-13-11-6-4-9(16-2)7-15(11)12/h3-7H,1-2H3. The largest absolute Gasteiger partial charge is 0.495 e. The van der Waals surface area contributed by atoms with Crippen molar-refractivity contribution in [3.8, 4) is 17.3 Å². The summed E-state index contributed by atoms with van der Waals surface area (Å²) in [5.41, 5.74) is 0.759. The molecule has 3 aromatic rings. The second kappa shape index (κ2) is 3.62. The molecule has 0 aromatic carbocycles. The van der Waals surface area contributed by atoms with E-state index in [4.69, 9.17) is 9.15 Å². The van der Waals surface area contributed by atoms with Crippen LogP contribution in [-0.4, -0.2) is 21.7 Å². The highest BCUT2D eigenvalue weighted by Crippen LogP contribution is 2.22. The topological polar surface area (TPSA) is 52.6 Å². The highest BCUT2D eigenvalue weighted by atomic mass is 16.5. The van der Waals surface area contributed by atoms with Crippen LogP contribution >= 0.6 is 0 Å². The lowest BCUT2D eigenvalue weighted by molar-refractivity contribution is 0.412. The number of rotatable bonds is 2. The maximum absolute atomic E-state index is 5.55. The van der Waals surface area contributed by atoms with Crippen molar-refractivity contribution >= 4 is 5.65 Å². The van der Waals surface area contributed by atoms with Crippen LogP contribution in [0.5, 0.6) is 5.75 Å². The van der Waals surface area contributed by atoms with Crippen molar-refractivity contribution in [1.82, 2.24) is 14.6 Å². The SMILES string of the molecule is COc1ccc2nnc(-c3ccc(C)o3)n2c1. The normalized spacial score (nSPS) is 10.9. The van der Waals surface area contributed by atoms with Gasteiger partial charge in [0.05, 0.1) is 13.3 Å². The number of fused-ring (bicyclic) bond motifs is 1. The van der Waals surface area contributed by atoms with Crippen molar-refractivity contribution in [2.45, 2.75) is 6.92 Å². The predicted octanol–water partition coefficient (Wildman–Crippen LogP) is 2.31. The Morgan fingerprint density at radius 1 is 1.18 bits per heavy atom. The fraction of sp³-hybridized carbons (Fsp3) is 0.167. The van der Waals surface area contributed by atoms with E-state index < -0.39 is 0 Å². The van der Waals surface area contributed by atoms with E-state index in [1.807, 2.05) is 41.8 Å². The predicted molar refractivity (Wildman–Crippen MR) is 62.0 cm³/mol. The summed E-state index contributed by atoms with van der Waals surface area (Å²) in [5, 5.41) is 8.20. The summed E-state index contributed by atoms with van der Waals surface area (Å²) in [6.07, 6.45) is 1.84. The van der Waals surface area contributed by atoms with Crippen LogP contribution in [0.2, 0.25) is 0 Å². The quantitative estimate of drug-likeness (QED) is 0.676. The lowest BCUT2D eigenvalue weighted by atomic mass is 10.4. The lowest BCUT2D eigenvalue weighted by Crippen LogP contribution is -1.90. The van der Waals surface area contributed by atoms with Crippen LogP contribution in [0.4, 0.5) is 0 Å². The fourth-order valence-corrected chi connectivity index (χ4v) is 1.71. The van der Waals surface area contributed by atoms with Crippen LogP contribution in [0.1, 0.15) is 5.76 Å². The molecule has 0 saturated heterocycles. The van der Waals surface area contributed by atoms with E-state index in [1.54, 1.807) is 7.11 Å². The Labute approximate surface area is 97.7 Å². The molecule has 0 aliphatic rings. The summed E-state index contributed by atoms with van der Waals surface area (Å²) >= 11 is 0. The molecule has 0 atom stereocenters. The molecule has 0 N–H and O–H groups in total. The zero-order chi connectivity index (χ0) is 11.8. The van der Waals surface area contributed by atoms with Crippen molar-refractivity contribution < 1.29 is 9.15 Å². The number of ether oxygens (including phenoxy) is 1. The Kier molecular flexibility index (Phi) is 2.11. The fourth-order valence-electron chi connectivity index (χ4n) is 1.71. The highest BCUT2D eigenvalue weighted by molar-refractivity contribution is 5.55. The molecular formula is C12H11N3O2. The Hall–Kier alpha value is -2.30. The number of hydrogen-bond donors (Lipinski definition) is 0. The second-order valence-corrected chi connectivity index (χ2v) is 3.73. The van der Waals surface area contributed by atoms with Crippen LogP contribution in [0, 0.1) is 6.92 Å². The molecule has 0 radical (unpaired) electrons. The van der Waals surface area contributed by atoms with Gasteiger partial charge in [0.2, 0.25) is 5.82 Å². The highest BCUT2D eigenvalue weighted by Gasteiger charge is 2.11. The number of hydrogen-bond acceptors (Lipinski definition) is 4. The molecule has 17 heavy (non-hydrogen) atoms. The molecule has 0 amide bonds. The van der Waals surface area contributed by atoms with E-state index >= 15 is 0 Å². The second-order valence-electron chi connectivity index (χ2n) is 3.73. The first-order chi connectivity index (χ1) is 8.28. The summed E-state index contributed by atoms with van der Waals surface area (Å²) in [6, 6.07) is 7.48. The van der Waals surface area contributed by atoms with Gasteiger partial charge in [0, 0.05) is 0 Å². The van der Waals surface area contributed by atoms with E-state index in [0.717, 1.165) is 17.2 Å². The first-order valence-electron chi connectivity index (χ1n) is 5.23. The first-order valence-corrected chi connectivity index (χ1v) is 5.23. The Balaban J connectivity index is 2.22. The number of methoxy groups -OCH3 is 1. The number of aryl methyl sites for hydroxylation is 1. The van der Waals surface area contributed by atoms with E-state index in [2.05, 4.69) is 10.2 Å². The molecule has 0 unspecified atom stereocenters. The lowest BCUT2D eigenvalue weighted by Gasteiger charge is -2.01. The molecule has 3 heterocycles. The zero-order valence-electron chi connectivity index (χ0n) is 9.54. The van der Waals surface area contributed by atoms with E-state index in [9.17, 15) is 0 Å². The monoisotopic (exact) mass is 229 g/mol. The smallest absolute Gasteiger partial charge is 0.204 e. The van der Waals surface area contributed by atoms with Crippen LogP contribution in [0.3, 0.4) is 0 Å². The summed E-state index contributed by atoms with van der Waals surface area (Å²) < 4.78 is 12.6. The van der Waals surface area contributed by atoms with Gasteiger partial charge >= 0.3 is 0 Å². The van der Waals surface area contributed by atoms with Crippen LogP contribution in [0.25, 0.3) is 17.2 Å². The minimum Gasteiger partial charge on any atom is -0.495 e. The van der Waals surface area contributed by atoms with Gasteiger partial charge in [0.25, 0.3) is 0 Å². The Bertz CT molecular complexity index is 669. The van der Waals surface area contributed by atoms with E-state index in [-0.39, 0.29) is 0 Å². The third kappa shape index (κ3) is 1.56. The van der Waals surface area contributed by atoms with Crippen molar-refractivity contribution in [3.05, 3.63) is 36.2 Å². The Morgan fingerprint density at radius 3 is 2.76 bits per heavy atom. The molecule has 0 fully saturated rings. The molecule has 86 valence electrons. The molecule has 3 rings (SSSR count). The molecule has 0 saturated carbocycles. The van der Waals surface area contributed by atoms with Gasteiger partial charge in [-0.15, -0.1) is 10.2 Å². The minimum atomic E-state index is 0.673. The number of pyridine rings is 1. The molecule has 0 aliphatic heterocycles. The van der Waals surface area contributed by atoms with Crippen molar-refractivity contribution in [1.29, 1.82) is 0 Å². The summed E-state index contributed by atoms with van der Waals surface area (Å²) in [7, 11) is 1.63. The molecule has 3 aromatic heterocycles. The van der Waals surface area contributed by atoms with Gasteiger partial charge in [-0.2, -0.15) is 0 Å². The third-order valence-electron chi connectivity index (χ3n) is 2.57. The molecule has 5 heteroatoms. The number of nitrogens with zero attached hydrogens (tertiary/aromatic N) is 3. The average Bonchev–Trinajstić information content (AvgIpc) is 2.93. The summed E-state index contributed by atoms with van der Waals surface area (Å²) in [6.45, 7) is 1.90. The molecular weight excluding hydrogens is 218 g/mol. The van der Waals surface area contributed by atoms with Crippen LogP contribution in [0.15, 0.2) is 34.9 Å². The third-order valence-corrected chi connectivity index (χ3v) is 2.57. The van der Waals surface area contributed by atoms with Gasteiger partial charge in [-0.3, -0.25) is 4.40 Å². The van der Waals surface area contributed by atoms with Crippen LogP contribution < -0.4 is 4.74 Å². The van der Waals surface area contributed by atoms with E-state index in [1.165, 1.54) is 0 Å². The average molecular weight is 229 g/mol. The minimum absolute atomic E-state index is 0.673. The van der Waals surface area contributed by atoms with Crippen LogP contribution in [-0.2, 0) is 0 Å². The first kappa shape index (κ1) is 9.89.